The van der Waals surface area contributed by atoms with Crippen LogP contribution in [0.1, 0.15) is 11.4 Å². The Bertz CT molecular complexity index is 686. The first-order chi connectivity index (χ1) is 10.1. The topological polar surface area (TPSA) is 136 Å². The molecule has 114 valence electrons. The number of benzene rings is 1. The molecular weight excluding hydrogens is 296 g/mol. The summed E-state index contributed by atoms with van der Waals surface area (Å²) < 4.78 is 32.2. The van der Waals surface area contributed by atoms with Gasteiger partial charge >= 0.3 is 0 Å². The number of ether oxygens (including phenoxy) is 1. The molecular formula is C11H16N6O3S. The van der Waals surface area contributed by atoms with E-state index >= 15 is 0 Å². The van der Waals surface area contributed by atoms with Crippen LogP contribution >= 0.6 is 0 Å². The summed E-state index contributed by atoms with van der Waals surface area (Å²) in [6, 6.07) is 4.74. The summed E-state index contributed by atoms with van der Waals surface area (Å²) in [5.74, 6) is 0.836. The third kappa shape index (κ3) is 3.74. The first kappa shape index (κ1) is 15.4. The first-order valence-corrected chi connectivity index (χ1v) is 7.64. The summed E-state index contributed by atoms with van der Waals surface area (Å²) in [5, 5.41) is 13.0. The maximum Gasteiger partial charge on any atom is 0.241 e. The number of hydrogen-bond donors (Lipinski definition) is 3. The molecule has 1 heterocycles. The van der Waals surface area contributed by atoms with Gasteiger partial charge in [0, 0.05) is 0 Å². The lowest BCUT2D eigenvalue weighted by atomic mass is 10.1. The van der Waals surface area contributed by atoms with E-state index in [1.54, 1.807) is 12.1 Å². The molecule has 0 saturated carbocycles. The Kier molecular flexibility index (Phi) is 4.83. The summed E-state index contributed by atoms with van der Waals surface area (Å²) >= 11 is 0. The number of nitrogens with zero attached hydrogens (tertiary/aromatic N) is 3. The second-order valence-electron chi connectivity index (χ2n) is 4.16. The molecule has 0 saturated heterocycles. The van der Waals surface area contributed by atoms with Crippen LogP contribution < -0.4 is 15.2 Å². The Balaban J connectivity index is 2.25. The van der Waals surface area contributed by atoms with Gasteiger partial charge in [-0.1, -0.05) is 5.21 Å². The third-order valence-corrected chi connectivity index (χ3v) is 4.28. The average molecular weight is 312 g/mol. The number of H-pyrrole nitrogens is 1. The van der Waals surface area contributed by atoms with E-state index in [1.807, 2.05) is 0 Å². The van der Waals surface area contributed by atoms with E-state index in [4.69, 9.17) is 10.5 Å². The molecule has 0 fully saturated rings. The molecule has 0 amide bonds. The molecule has 0 spiro atoms. The van der Waals surface area contributed by atoms with Crippen molar-refractivity contribution in [2.24, 2.45) is 5.73 Å². The highest BCUT2D eigenvalue weighted by atomic mass is 32.2. The number of nitrogens with two attached hydrogens (primary N) is 1. The highest BCUT2D eigenvalue weighted by molar-refractivity contribution is 7.89. The van der Waals surface area contributed by atoms with Gasteiger partial charge in [0.15, 0.2) is 5.82 Å². The zero-order chi connectivity index (χ0) is 15.3. The minimum Gasteiger partial charge on any atom is -0.497 e. The number of methoxy groups -OCH3 is 1. The lowest BCUT2D eigenvalue weighted by Crippen LogP contribution is -2.25. The van der Waals surface area contributed by atoms with Gasteiger partial charge in [0.2, 0.25) is 10.0 Å². The number of tetrazole rings is 1. The zero-order valence-electron chi connectivity index (χ0n) is 11.4. The highest BCUT2D eigenvalue weighted by Crippen LogP contribution is 2.22. The molecule has 0 aliphatic heterocycles. The van der Waals surface area contributed by atoms with Crippen LogP contribution in [-0.4, -0.2) is 42.7 Å². The van der Waals surface area contributed by atoms with E-state index in [1.165, 1.54) is 13.2 Å². The van der Waals surface area contributed by atoms with Crippen molar-refractivity contribution >= 4 is 10.0 Å². The van der Waals surface area contributed by atoms with Crippen LogP contribution in [0.4, 0.5) is 0 Å². The first-order valence-electron chi connectivity index (χ1n) is 6.16. The van der Waals surface area contributed by atoms with Crippen LogP contribution in [0.15, 0.2) is 23.1 Å². The van der Waals surface area contributed by atoms with Crippen molar-refractivity contribution in [3.63, 3.8) is 0 Å². The van der Waals surface area contributed by atoms with Crippen molar-refractivity contribution < 1.29 is 13.2 Å². The number of hydrogen-bond acceptors (Lipinski definition) is 7. The number of nitrogens with one attached hydrogen (secondary N) is 2. The predicted molar refractivity (Wildman–Crippen MR) is 74.0 cm³/mol. The fourth-order valence-corrected chi connectivity index (χ4v) is 3.02. The molecule has 0 bridgehead atoms. The van der Waals surface area contributed by atoms with E-state index in [0.29, 0.717) is 24.3 Å². The van der Waals surface area contributed by atoms with Crippen LogP contribution in [0.3, 0.4) is 0 Å². The number of sulfonamides is 1. The van der Waals surface area contributed by atoms with E-state index in [9.17, 15) is 8.42 Å². The molecule has 0 unspecified atom stereocenters. The van der Waals surface area contributed by atoms with Crippen molar-refractivity contribution in [3.8, 4) is 5.75 Å². The van der Waals surface area contributed by atoms with Crippen LogP contribution in [0.25, 0.3) is 0 Å². The number of rotatable bonds is 7. The monoisotopic (exact) mass is 312 g/mol. The van der Waals surface area contributed by atoms with Gasteiger partial charge in [-0.25, -0.2) is 13.1 Å². The van der Waals surface area contributed by atoms with E-state index in [0.717, 1.165) is 0 Å². The van der Waals surface area contributed by atoms with Crippen molar-refractivity contribution in [1.82, 2.24) is 25.3 Å². The Labute approximate surface area is 121 Å². The Morgan fingerprint density at radius 1 is 1.43 bits per heavy atom. The van der Waals surface area contributed by atoms with Crippen LogP contribution in [0.2, 0.25) is 0 Å². The molecule has 2 aromatic rings. The molecule has 4 N–H and O–H groups in total. The highest BCUT2D eigenvalue weighted by Gasteiger charge is 2.19. The van der Waals surface area contributed by atoms with Crippen molar-refractivity contribution in [1.29, 1.82) is 0 Å². The fraction of sp³-hybridized carbons (Fsp3) is 0.364. The van der Waals surface area contributed by atoms with Gasteiger partial charge < -0.3 is 10.5 Å². The van der Waals surface area contributed by atoms with Gasteiger partial charge in [-0.2, -0.15) is 5.21 Å². The molecule has 0 atom stereocenters. The molecule has 0 aliphatic rings. The molecule has 9 nitrogen and oxygen atoms in total. The lowest BCUT2D eigenvalue weighted by molar-refractivity contribution is 0.413. The molecule has 0 radical (unpaired) electrons. The summed E-state index contributed by atoms with van der Waals surface area (Å²) in [6.07, 6.45) is 0.426. The maximum atomic E-state index is 12.3. The SMILES string of the molecule is COc1ccc(S(=O)(=O)NCc2nn[nH]n2)c(CCN)c1. The van der Waals surface area contributed by atoms with Gasteiger partial charge in [-0.3, -0.25) is 0 Å². The minimum absolute atomic E-state index is 0.0487. The van der Waals surface area contributed by atoms with Gasteiger partial charge in [-0.15, -0.1) is 10.2 Å². The zero-order valence-corrected chi connectivity index (χ0v) is 12.2. The number of aromatic nitrogens is 4. The molecule has 0 aliphatic carbocycles. The quantitative estimate of drug-likeness (QED) is 0.608. The van der Waals surface area contributed by atoms with Gasteiger partial charge in [-0.05, 0) is 36.7 Å². The normalized spacial score (nSPS) is 11.5. The molecule has 10 heteroatoms. The van der Waals surface area contributed by atoms with Crippen LogP contribution in [0.5, 0.6) is 5.75 Å². The molecule has 1 aromatic heterocycles. The van der Waals surface area contributed by atoms with Crippen LogP contribution in [0, 0.1) is 0 Å². The Morgan fingerprint density at radius 3 is 2.86 bits per heavy atom. The third-order valence-electron chi connectivity index (χ3n) is 2.78. The van der Waals surface area contributed by atoms with Gasteiger partial charge in [0.1, 0.15) is 5.75 Å². The summed E-state index contributed by atoms with van der Waals surface area (Å²) in [7, 11) is -2.18. The van der Waals surface area contributed by atoms with Gasteiger partial charge in [0.05, 0.1) is 18.6 Å². The van der Waals surface area contributed by atoms with Crippen molar-refractivity contribution in [2.75, 3.05) is 13.7 Å². The van der Waals surface area contributed by atoms with Gasteiger partial charge in [0.25, 0.3) is 0 Å². The van der Waals surface area contributed by atoms with Crippen LogP contribution in [-0.2, 0) is 23.0 Å². The lowest BCUT2D eigenvalue weighted by Gasteiger charge is -2.11. The van der Waals surface area contributed by atoms with Crippen molar-refractivity contribution in [2.45, 2.75) is 17.9 Å². The maximum absolute atomic E-state index is 12.3. The molecule has 21 heavy (non-hydrogen) atoms. The number of aromatic amines is 1. The van der Waals surface area contributed by atoms with Crippen molar-refractivity contribution in [3.05, 3.63) is 29.6 Å². The van der Waals surface area contributed by atoms with E-state index in [2.05, 4.69) is 25.3 Å². The summed E-state index contributed by atoms with van der Waals surface area (Å²) in [6.45, 7) is 0.285. The van der Waals surface area contributed by atoms with E-state index in [-0.39, 0.29) is 17.3 Å². The molecule has 2 rings (SSSR count). The summed E-state index contributed by atoms with van der Waals surface area (Å²) in [4.78, 5) is 0.164. The minimum atomic E-state index is -3.70. The van der Waals surface area contributed by atoms with E-state index < -0.39 is 10.0 Å². The molecule has 1 aromatic carbocycles. The smallest absolute Gasteiger partial charge is 0.241 e. The largest absolute Gasteiger partial charge is 0.497 e. The average Bonchev–Trinajstić information content (AvgIpc) is 2.99. The second-order valence-corrected chi connectivity index (χ2v) is 5.90. The fourth-order valence-electron chi connectivity index (χ4n) is 1.79. The Morgan fingerprint density at radius 2 is 2.24 bits per heavy atom. The summed E-state index contributed by atoms with van der Waals surface area (Å²) in [5.41, 5.74) is 6.12. The second kappa shape index (κ2) is 6.61. The Hall–Kier alpha value is -2.04. The predicted octanol–water partition coefficient (Wildman–Crippen LogP) is -0.812. The standard InChI is InChI=1S/C11H16N6O3S/c1-20-9-2-3-10(8(6-9)4-5-12)21(18,19)13-7-11-14-16-17-15-11/h2-3,6,13H,4-5,7,12H2,1H3,(H,14,15,16,17).